The van der Waals surface area contributed by atoms with E-state index >= 15 is 0 Å². The van der Waals surface area contributed by atoms with Crippen molar-refractivity contribution in [2.45, 2.75) is 6.17 Å². The molecule has 0 aliphatic rings. The van der Waals surface area contributed by atoms with E-state index < -0.39 is 11.1 Å². The third kappa shape index (κ3) is 2.41. The van der Waals surface area contributed by atoms with E-state index in [4.69, 9.17) is 10.5 Å². The number of methoxy groups -OCH3 is 1. The first kappa shape index (κ1) is 11.4. The quantitative estimate of drug-likeness (QED) is 0.609. The van der Waals surface area contributed by atoms with Crippen LogP contribution in [0.4, 0.5) is 10.1 Å². The molecule has 2 N–H and O–H groups in total. The summed E-state index contributed by atoms with van der Waals surface area (Å²) >= 11 is 0. The molecule has 0 radical (unpaired) electrons. The van der Waals surface area contributed by atoms with Gasteiger partial charge in [-0.15, -0.1) is 0 Å². The Labute approximate surface area is 85.8 Å². The molecule has 1 aromatic carbocycles. The van der Waals surface area contributed by atoms with Gasteiger partial charge in [-0.05, 0) is 6.07 Å². The summed E-state index contributed by atoms with van der Waals surface area (Å²) in [5.41, 5.74) is 5.25. The fourth-order valence-electron chi connectivity index (χ4n) is 1.20. The van der Waals surface area contributed by atoms with Crippen LogP contribution < -0.4 is 10.5 Å². The van der Waals surface area contributed by atoms with Gasteiger partial charge in [-0.1, -0.05) is 0 Å². The van der Waals surface area contributed by atoms with Crippen LogP contribution in [0.3, 0.4) is 0 Å². The minimum atomic E-state index is -1.37. The molecule has 1 aromatic rings. The van der Waals surface area contributed by atoms with Crippen molar-refractivity contribution in [1.29, 1.82) is 0 Å². The van der Waals surface area contributed by atoms with Crippen LogP contribution in [0.1, 0.15) is 11.7 Å². The van der Waals surface area contributed by atoms with Gasteiger partial charge in [0.1, 0.15) is 11.9 Å². The highest BCUT2D eigenvalue weighted by Gasteiger charge is 2.17. The average molecular weight is 214 g/mol. The monoisotopic (exact) mass is 214 g/mol. The SMILES string of the molecule is COc1cc([N+](=O)[O-])ccc1C(F)CN. The number of hydrogen-bond donors (Lipinski definition) is 1. The van der Waals surface area contributed by atoms with Gasteiger partial charge in [-0.3, -0.25) is 10.1 Å². The molecule has 1 atom stereocenters. The molecule has 0 aliphatic carbocycles. The Bertz CT molecular complexity index is 370. The summed E-state index contributed by atoms with van der Waals surface area (Å²) in [6.07, 6.45) is -1.37. The Morgan fingerprint density at radius 2 is 2.33 bits per heavy atom. The highest BCUT2D eigenvalue weighted by Crippen LogP contribution is 2.30. The van der Waals surface area contributed by atoms with Crippen molar-refractivity contribution in [3.05, 3.63) is 33.9 Å². The van der Waals surface area contributed by atoms with Gasteiger partial charge in [0.2, 0.25) is 0 Å². The van der Waals surface area contributed by atoms with E-state index in [0.29, 0.717) is 0 Å². The Kier molecular flexibility index (Phi) is 3.56. The van der Waals surface area contributed by atoms with Crippen LogP contribution in [0.25, 0.3) is 0 Å². The van der Waals surface area contributed by atoms with Crippen molar-refractivity contribution in [3.8, 4) is 5.75 Å². The number of hydrogen-bond acceptors (Lipinski definition) is 4. The van der Waals surface area contributed by atoms with Crippen LogP contribution in [0.5, 0.6) is 5.75 Å². The second-order valence-electron chi connectivity index (χ2n) is 2.89. The predicted molar refractivity (Wildman–Crippen MR) is 52.6 cm³/mol. The first-order valence-corrected chi connectivity index (χ1v) is 4.26. The number of non-ortho nitro benzene ring substituents is 1. The summed E-state index contributed by atoms with van der Waals surface area (Å²) in [4.78, 5) is 9.88. The standard InChI is InChI=1S/C9H11FN2O3/c1-15-9-4-6(12(13)14)2-3-7(9)8(10)5-11/h2-4,8H,5,11H2,1H3. The van der Waals surface area contributed by atoms with Crippen LogP contribution in [-0.2, 0) is 0 Å². The highest BCUT2D eigenvalue weighted by molar-refractivity contribution is 5.45. The second kappa shape index (κ2) is 4.70. The number of ether oxygens (including phenoxy) is 1. The number of nitrogens with zero attached hydrogens (tertiary/aromatic N) is 1. The molecule has 1 unspecified atom stereocenters. The molecular weight excluding hydrogens is 203 g/mol. The predicted octanol–water partition coefficient (Wildman–Crippen LogP) is 1.57. The summed E-state index contributed by atoms with van der Waals surface area (Å²) in [5.74, 6) is 0.141. The van der Waals surface area contributed by atoms with Crippen LogP contribution in [0, 0.1) is 10.1 Å². The third-order valence-corrected chi connectivity index (χ3v) is 1.97. The lowest BCUT2D eigenvalue weighted by atomic mass is 10.1. The van der Waals surface area contributed by atoms with Crippen molar-refractivity contribution in [1.82, 2.24) is 0 Å². The summed E-state index contributed by atoms with van der Waals surface area (Å²) in [7, 11) is 1.33. The van der Waals surface area contributed by atoms with Crippen molar-refractivity contribution in [2.24, 2.45) is 5.73 Å². The number of nitro benzene ring substituents is 1. The second-order valence-corrected chi connectivity index (χ2v) is 2.89. The van der Waals surface area contributed by atoms with E-state index in [1.165, 1.54) is 25.3 Å². The molecule has 0 spiro atoms. The zero-order valence-electron chi connectivity index (χ0n) is 8.14. The Hall–Kier alpha value is -1.69. The lowest BCUT2D eigenvalue weighted by molar-refractivity contribution is -0.384. The van der Waals surface area contributed by atoms with E-state index in [0.717, 1.165) is 0 Å². The van der Waals surface area contributed by atoms with Gasteiger partial charge in [0.05, 0.1) is 18.1 Å². The van der Waals surface area contributed by atoms with Crippen LogP contribution in [-0.4, -0.2) is 18.6 Å². The van der Waals surface area contributed by atoms with Gasteiger partial charge in [0, 0.05) is 18.2 Å². The number of nitrogens with two attached hydrogens (primary N) is 1. The van der Waals surface area contributed by atoms with E-state index in [2.05, 4.69) is 0 Å². The molecule has 0 amide bonds. The van der Waals surface area contributed by atoms with Crippen molar-refractivity contribution < 1.29 is 14.1 Å². The van der Waals surface area contributed by atoms with E-state index in [1.54, 1.807) is 0 Å². The van der Waals surface area contributed by atoms with Crippen LogP contribution in [0.15, 0.2) is 18.2 Å². The van der Waals surface area contributed by atoms with Gasteiger partial charge < -0.3 is 10.5 Å². The van der Waals surface area contributed by atoms with E-state index in [9.17, 15) is 14.5 Å². The first-order chi connectivity index (χ1) is 7.10. The molecule has 0 aliphatic heterocycles. The number of alkyl halides is 1. The van der Waals surface area contributed by atoms with Gasteiger partial charge in [0.25, 0.3) is 5.69 Å². The van der Waals surface area contributed by atoms with Gasteiger partial charge in [0.15, 0.2) is 0 Å². The molecule has 1 rings (SSSR count). The molecule has 0 saturated heterocycles. The molecule has 82 valence electrons. The maximum atomic E-state index is 13.3. The van der Waals surface area contributed by atoms with Gasteiger partial charge >= 0.3 is 0 Å². The smallest absolute Gasteiger partial charge is 0.273 e. The first-order valence-electron chi connectivity index (χ1n) is 4.26. The van der Waals surface area contributed by atoms with Gasteiger partial charge in [-0.2, -0.15) is 0 Å². The van der Waals surface area contributed by atoms with Crippen molar-refractivity contribution in [2.75, 3.05) is 13.7 Å². The lowest BCUT2D eigenvalue weighted by Crippen LogP contribution is -2.09. The fraction of sp³-hybridized carbons (Fsp3) is 0.333. The summed E-state index contributed by atoms with van der Waals surface area (Å²) in [6.45, 7) is -0.186. The van der Waals surface area contributed by atoms with Crippen LogP contribution >= 0.6 is 0 Å². The molecule has 0 bridgehead atoms. The van der Waals surface area contributed by atoms with E-state index in [-0.39, 0.29) is 23.5 Å². The topological polar surface area (TPSA) is 78.4 Å². The Morgan fingerprint density at radius 1 is 1.67 bits per heavy atom. The summed E-state index contributed by atoms with van der Waals surface area (Å²) < 4.78 is 18.1. The maximum Gasteiger partial charge on any atom is 0.273 e. The Balaban J connectivity index is 3.14. The molecule has 0 saturated carbocycles. The zero-order chi connectivity index (χ0) is 11.4. The molecule has 6 heteroatoms. The number of benzene rings is 1. The lowest BCUT2D eigenvalue weighted by Gasteiger charge is -2.10. The summed E-state index contributed by atoms with van der Waals surface area (Å²) in [5, 5.41) is 10.5. The zero-order valence-corrected chi connectivity index (χ0v) is 8.14. The maximum absolute atomic E-state index is 13.3. The molecule has 0 aromatic heterocycles. The van der Waals surface area contributed by atoms with Crippen LogP contribution in [0.2, 0.25) is 0 Å². The van der Waals surface area contributed by atoms with Crippen molar-refractivity contribution >= 4 is 5.69 Å². The highest BCUT2D eigenvalue weighted by atomic mass is 19.1. The Morgan fingerprint density at radius 3 is 2.80 bits per heavy atom. The molecule has 15 heavy (non-hydrogen) atoms. The number of rotatable bonds is 4. The molecule has 0 heterocycles. The largest absolute Gasteiger partial charge is 0.496 e. The number of halogens is 1. The van der Waals surface area contributed by atoms with Crippen molar-refractivity contribution in [3.63, 3.8) is 0 Å². The van der Waals surface area contributed by atoms with Gasteiger partial charge in [-0.25, -0.2) is 4.39 Å². The normalized spacial score (nSPS) is 12.2. The van der Waals surface area contributed by atoms with E-state index in [1.807, 2.05) is 0 Å². The fourth-order valence-corrected chi connectivity index (χ4v) is 1.20. The summed E-state index contributed by atoms with van der Waals surface area (Å²) in [6, 6.07) is 3.71. The number of nitro groups is 1. The third-order valence-electron chi connectivity index (χ3n) is 1.97. The molecular formula is C9H11FN2O3. The minimum Gasteiger partial charge on any atom is -0.496 e. The molecule has 5 nitrogen and oxygen atoms in total. The minimum absolute atomic E-state index is 0.139. The molecule has 0 fully saturated rings. The average Bonchev–Trinajstić information content (AvgIpc) is 2.27.